The molecule has 3 saturated carbocycles. The van der Waals surface area contributed by atoms with E-state index in [-0.39, 0.29) is 45.8 Å². The molecule has 2 aromatic carbocycles. The predicted molar refractivity (Wildman–Crippen MR) is 104 cm³/mol. The molecule has 152 valence electrons. The smallest absolute Gasteiger partial charge is 0.258 e. The molecule has 2 bridgehead atoms. The summed E-state index contributed by atoms with van der Waals surface area (Å²) in [6.07, 6.45) is 2.63. The van der Waals surface area contributed by atoms with Crippen LogP contribution >= 0.6 is 11.6 Å². The summed E-state index contributed by atoms with van der Waals surface area (Å²) in [5.74, 6) is -0.976. The number of aryl methyl sites for hydroxylation is 1. The van der Waals surface area contributed by atoms with Crippen LogP contribution < -0.4 is 10.1 Å². The van der Waals surface area contributed by atoms with Gasteiger partial charge in [0, 0.05) is 23.6 Å². The summed E-state index contributed by atoms with van der Waals surface area (Å²) < 4.78 is 32.1. The Hall–Kier alpha value is -2.47. The van der Waals surface area contributed by atoms with Crippen molar-refractivity contribution in [2.75, 3.05) is 6.61 Å². The van der Waals surface area contributed by atoms with E-state index in [1.54, 1.807) is 13.0 Å². The molecule has 0 atom stereocenters. The van der Waals surface area contributed by atoms with Gasteiger partial charge in [0.1, 0.15) is 17.4 Å². The lowest BCUT2D eigenvalue weighted by Crippen LogP contribution is -2.75. The number of ether oxygens (including phenoxy) is 1. The van der Waals surface area contributed by atoms with Crippen LogP contribution in [0.3, 0.4) is 0 Å². The van der Waals surface area contributed by atoms with Gasteiger partial charge in [0.25, 0.3) is 5.91 Å². The Balaban J connectivity index is 1.25. The normalized spacial score (nSPS) is 24.3. The minimum Gasteiger partial charge on any atom is -0.484 e. The minimum absolute atomic E-state index is 0.000764. The number of carbonyl (C=O) groups is 2. The van der Waals surface area contributed by atoms with Crippen molar-refractivity contribution < 1.29 is 23.1 Å². The van der Waals surface area contributed by atoms with Gasteiger partial charge in [-0.1, -0.05) is 11.6 Å². The second-order valence-corrected chi connectivity index (χ2v) is 8.69. The Morgan fingerprint density at radius 3 is 2.48 bits per heavy atom. The van der Waals surface area contributed by atoms with E-state index in [0.717, 1.165) is 25.3 Å². The fourth-order valence-corrected chi connectivity index (χ4v) is 4.74. The first-order valence-corrected chi connectivity index (χ1v) is 9.75. The Kier molecular flexibility index (Phi) is 4.85. The van der Waals surface area contributed by atoms with Crippen LogP contribution in [-0.2, 0) is 4.79 Å². The molecular formula is C22H20ClF2NO3. The quantitative estimate of drug-likeness (QED) is 0.666. The number of carbonyl (C=O) groups excluding carboxylic acids is 2. The second-order valence-electron chi connectivity index (χ2n) is 8.29. The third kappa shape index (κ3) is 3.86. The number of Topliss-reactive ketones (excluding diaryl/α,β-unsaturated/α-hetero) is 1. The molecule has 7 heteroatoms. The van der Waals surface area contributed by atoms with Gasteiger partial charge in [-0.3, -0.25) is 9.59 Å². The molecule has 0 unspecified atom stereocenters. The van der Waals surface area contributed by atoms with Crippen molar-refractivity contribution in [3.63, 3.8) is 0 Å². The van der Waals surface area contributed by atoms with Gasteiger partial charge < -0.3 is 10.1 Å². The van der Waals surface area contributed by atoms with Gasteiger partial charge in [-0.15, -0.1) is 0 Å². The molecule has 1 amide bonds. The molecule has 2 aromatic rings. The lowest BCUT2D eigenvalue weighted by atomic mass is 9.38. The molecule has 1 N–H and O–H groups in total. The van der Waals surface area contributed by atoms with Crippen molar-refractivity contribution in [3.05, 3.63) is 64.2 Å². The lowest BCUT2D eigenvalue weighted by Gasteiger charge is -2.70. The third-order valence-corrected chi connectivity index (χ3v) is 6.13. The molecule has 0 aromatic heterocycles. The summed E-state index contributed by atoms with van der Waals surface area (Å²) in [6, 6.07) is 8.42. The summed E-state index contributed by atoms with van der Waals surface area (Å²) in [5, 5.41) is 2.96. The monoisotopic (exact) mass is 419 g/mol. The van der Waals surface area contributed by atoms with Crippen molar-refractivity contribution >= 4 is 23.3 Å². The number of benzene rings is 2. The van der Waals surface area contributed by atoms with E-state index in [1.165, 1.54) is 24.3 Å². The highest BCUT2D eigenvalue weighted by molar-refractivity contribution is 6.30. The molecule has 3 fully saturated rings. The highest BCUT2D eigenvalue weighted by Gasteiger charge is 2.68. The van der Waals surface area contributed by atoms with Crippen LogP contribution in [-0.4, -0.2) is 23.8 Å². The van der Waals surface area contributed by atoms with E-state index < -0.39 is 5.82 Å². The van der Waals surface area contributed by atoms with Crippen LogP contribution in [0.1, 0.15) is 41.6 Å². The number of hydrogen-bond acceptors (Lipinski definition) is 3. The fourth-order valence-electron chi connectivity index (χ4n) is 4.63. The molecule has 0 saturated heterocycles. The van der Waals surface area contributed by atoms with Crippen molar-refractivity contribution in [2.45, 2.75) is 38.1 Å². The van der Waals surface area contributed by atoms with Crippen molar-refractivity contribution in [1.29, 1.82) is 0 Å². The molecule has 0 aliphatic heterocycles. The number of amides is 1. The fraction of sp³-hybridized carbons (Fsp3) is 0.364. The van der Waals surface area contributed by atoms with Crippen LogP contribution in [0.5, 0.6) is 5.75 Å². The second kappa shape index (κ2) is 7.10. The summed E-state index contributed by atoms with van der Waals surface area (Å²) in [5.41, 5.74) is 0.630. The van der Waals surface area contributed by atoms with Gasteiger partial charge in [0.15, 0.2) is 12.4 Å². The van der Waals surface area contributed by atoms with Gasteiger partial charge in [-0.2, -0.15) is 0 Å². The summed E-state index contributed by atoms with van der Waals surface area (Å²) in [7, 11) is 0. The molecular weight excluding hydrogens is 400 g/mol. The summed E-state index contributed by atoms with van der Waals surface area (Å²) >= 11 is 5.61. The maximum Gasteiger partial charge on any atom is 0.258 e. The van der Waals surface area contributed by atoms with Gasteiger partial charge in [0.2, 0.25) is 0 Å². The maximum atomic E-state index is 13.4. The van der Waals surface area contributed by atoms with Crippen LogP contribution in [0.2, 0.25) is 5.02 Å². The Labute approximate surface area is 172 Å². The molecule has 3 aliphatic carbocycles. The largest absolute Gasteiger partial charge is 0.484 e. The van der Waals surface area contributed by atoms with Gasteiger partial charge in [0.05, 0.1) is 5.02 Å². The minimum atomic E-state index is -0.605. The average molecular weight is 420 g/mol. The van der Waals surface area contributed by atoms with E-state index in [1.807, 2.05) is 0 Å². The zero-order valence-electron chi connectivity index (χ0n) is 15.9. The Bertz CT molecular complexity index is 988. The van der Waals surface area contributed by atoms with E-state index >= 15 is 0 Å². The van der Waals surface area contributed by atoms with E-state index in [9.17, 15) is 18.4 Å². The van der Waals surface area contributed by atoms with Crippen molar-refractivity contribution in [1.82, 2.24) is 5.32 Å². The van der Waals surface area contributed by atoms with Crippen LogP contribution in [0, 0.1) is 24.0 Å². The number of halogens is 3. The Morgan fingerprint density at radius 1 is 1.10 bits per heavy atom. The number of ketones is 1. The zero-order valence-corrected chi connectivity index (χ0v) is 16.6. The number of hydrogen-bond donors (Lipinski definition) is 1. The number of nitrogens with one attached hydrogen (secondary N) is 1. The highest BCUT2D eigenvalue weighted by Crippen LogP contribution is 2.69. The first-order chi connectivity index (χ1) is 13.7. The lowest BCUT2D eigenvalue weighted by molar-refractivity contribution is -0.164. The van der Waals surface area contributed by atoms with Gasteiger partial charge >= 0.3 is 0 Å². The molecule has 3 aliphatic rings. The molecule has 4 nitrogen and oxygen atoms in total. The van der Waals surface area contributed by atoms with Crippen molar-refractivity contribution in [3.8, 4) is 5.75 Å². The summed E-state index contributed by atoms with van der Waals surface area (Å²) in [4.78, 5) is 24.7. The van der Waals surface area contributed by atoms with E-state index in [2.05, 4.69) is 5.32 Å². The predicted octanol–water partition coefficient (Wildman–Crippen LogP) is 4.62. The molecule has 29 heavy (non-hydrogen) atoms. The standard InChI is InChI=1S/C22H20ClF2NO3/c1-13-6-14(2-5-17(13)24)19(27)8-21-10-22(11-21,12-21)26-20(28)9-29-15-3-4-16(23)18(25)7-15/h2-7H,8-12H2,1H3,(H,26,28). The topological polar surface area (TPSA) is 55.4 Å². The van der Waals surface area contributed by atoms with Crippen LogP contribution in [0.25, 0.3) is 0 Å². The van der Waals surface area contributed by atoms with Gasteiger partial charge in [-0.25, -0.2) is 8.78 Å². The first kappa shape index (κ1) is 19.8. The average Bonchev–Trinajstić information content (AvgIpc) is 2.62. The molecule has 0 spiro atoms. The maximum absolute atomic E-state index is 13.4. The number of rotatable bonds is 7. The SMILES string of the molecule is Cc1cc(C(=O)CC23CC(NC(=O)COc4ccc(Cl)c(F)c4)(C2)C3)ccc1F. The molecule has 5 rings (SSSR count). The summed E-state index contributed by atoms with van der Waals surface area (Å²) in [6.45, 7) is 1.42. The molecule has 0 heterocycles. The third-order valence-electron chi connectivity index (χ3n) is 5.82. The molecule has 0 radical (unpaired) electrons. The van der Waals surface area contributed by atoms with Gasteiger partial charge in [-0.05, 0) is 67.5 Å². The van der Waals surface area contributed by atoms with Crippen LogP contribution in [0.15, 0.2) is 36.4 Å². The highest BCUT2D eigenvalue weighted by atomic mass is 35.5. The van der Waals surface area contributed by atoms with E-state index in [4.69, 9.17) is 16.3 Å². The Morgan fingerprint density at radius 2 is 1.83 bits per heavy atom. The zero-order chi connectivity index (χ0) is 20.8. The first-order valence-electron chi connectivity index (χ1n) is 9.38. The van der Waals surface area contributed by atoms with Crippen molar-refractivity contribution in [2.24, 2.45) is 5.41 Å². The van der Waals surface area contributed by atoms with Crippen LogP contribution in [0.4, 0.5) is 8.78 Å². The van der Waals surface area contributed by atoms with E-state index in [0.29, 0.717) is 17.5 Å².